The summed E-state index contributed by atoms with van der Waals surface area (Å²) in [4.78, 5) is 14.4. The molecule has 3 rings (SSSR count). The van der Waals surface area contributed by atoms with Crippen molar-refractivity contribution in [2.75, 3.05) is 26.2 Å². The molecule has 0 saturated carbocycles. The molecule has 0 aliphatic heterocycles. The first-order chi connectivity index (χ1) is 13.2. The Kier molecular flexibility index (Phi) is 6.49. The zero-order valence-electron chi connectivity index (χ0n) is 15.9. The number of hydrogen-bond donors (Lipinski definition) is 1. The molecule has 0 aliphatic rings. The number of fused-ring (bicyclic) bond motifs is 1. The van der Waals surface area contributed by atoms with Crippen molar-refractivity contribution in [1.29, 1.82) is 0 Å². The van der Waals surface area contributed by atoms with Gasteiger partial charge in [-0.05, 0) is 48.1 Å². The summed E-state index contributed by atoms with van der Waals surface area (Å²) in [6.45, 7) is 7.89. The smallest absolute Gasteiger partial charge is 0.287 e. The predicted octanol–water partition coefficient (Wildman–Crippen LogP) is 4.08. The monoisotopic (exact) mass is 366 g/mol. The second-order valence-corrected chi connectivity index (χ2v) is 6.35. The van der Waals surface area contributed by atoms with Gasteiger partial charge < -0.3 is 19.4 Å². The number of nitrogens with one attached hydrogen (secondary N) is 1. The van der Waals surface area contributed by atoms with E-state index in [0.29, 0.717) is 18.1 Å². The predicted molar refractivity (Wildman–Crippen MR) is 107 cm³/mol. The van der Waals surface area contributed by atoms with Crippen molar-refractivity contribution in [3.05, 3.63) is 66.1 Å². The van der Waals surface area contributed by atoms with E-state index in [4.69, 9.17) is 9.15 Å². The maximum Gasteiger partial charge on any atom is 0.287 e. The SMILES string of the molecule is CCN(CC)CCNC(=O)c1ccc(COc2ccc3ccccc3c2)o1. The van der Waals surface area contributed by atoms with Gasteiger partial charge in [0.2, 0.25) is 0 Å². The first-order valence-electron chi connectivity index (χ1n) is 9.40. The van der Waals surface area contributed by atoms with Crippen LogP contribution in [0.2, 0.25) is 0 Å². The molecule has 1 aromatic heterocycles. The summed E-state index contributed by atoms with van der Waals surface area (Å²) < 4.78 is 11.4. The molecule has 0 radical (unpaired) electrons. The highest BCUT2D eigenvalue weighted by molar-refractivity contribution is 5.91. The first-order valence-corrected chi connectivity index (χ1v) is 9.40. The fourth-order valence-corrected chi connectivity index (χ4v) is 2.94. The van der Waals surface area contributed by atoms with Crippen LogP contribution in [0.5, 0.6) is 5.75 Å². The molecule has 0 fully saturated rings. The molecule has 5 heteroatoms. The third-order valence-electron chi connectivity index (χ3n) is 4.60. The van der Waals surface area contributed by atoms with Crippen LogP contribution in [0.3, 0.4) is 0 Å². The average Bonchev–Trinajstić information content (AvgIpc) is 3.18. The summed E-state index contributed by atoms with van der Waals surface area (Å²) in [6.07, 6.45) is 0. The van der Waals surface area contributed by atoms with Crippen molar-refractivity contribution < 1.29 is 13.9 Å². The quantitative estimate of drug-likeness (QED) is 0.620. The van der Waals surface area contributed by atoms with Crippen molar-refractivity contribution in [2.24, 2.45) is 0 Å². The van der Waals surface area contributed by atoms with Gasteiger partial charge in [-0.2, -0.15) is 0 Å². The number of nitrogens with zero attached hydrogens (tertiary/aromatic N) is 1. The maximum atomic E-state index is 12.2. The molecule has 0 bridgehead atoms. The number of hydrogen-bond acceptors (Lipinski definition) is 4. The van der Waals surface area contributed by atoms with Gasteiger partial charge >= 0.3 is 0 Å². The zero-order valence-corrected chi connectivity index (χ0v) is 15.9. The Morgan fingerprint density at radius 2 is 1.81 bits per heavy atom. The molecule has 1 amide bonds. The van der Waals surface area contributed by atoms with E-state index in [0.717, 1.165) is 30.8 Å². The van der Waals surface area contributed by atoms with Crippen molar-refractivity contribution in [3.63, 3.8) is 0 Å². The van der Waals surface area contributed by atoms with Crippen LogP contribution in [-0.2, 0) is 6.61 Å². The molecular weight excluding hydrogens is 340 g/mol. The number of likely N-dealkylation sites (N-methyl/N-ethyl adjacent to an activating group) is 1. The third kappa shape index (κ3) is 5.11. The molecule has 27 heavy (non-hydrogen) atoms. The minimum atomic E-state index is -0.195. The molecule has 0 aliphatic carbocycles. The molecule has 0 unspecified atom stereocenters. The van der Waals surface area contributed by atoms with Crippen molar-refractivity contribution >= 4 is 16.7 Å². The molecule has 3 aromatic rings. The Hall–Kier alpha value is -2.79. The van der Waals surface area contributed by atoms with E-state index in [-0.39, 0.29) is 12.5 Å². The second kappa shape index (κ2) is 9.24. The number of furan rings is 1. The van der Waals surface area contributed by atoms with E-state index in [1.54, 1.807) is 12.1 Å². The molecule has 142 valence electrons. The normalized spacial score (nSPS) is 11.1. The van der Waals surface area contributed by atoms with Crippen LogP contribution in [0.25, 0.3) is 10.8 Å². The van der Waals surface area contributed by atoms with Gasteiger partial charge in [-0.15, -0.1) is 0 Å². The van der Waals surface area contributed by atoms with E-state index in [9.17, 15) is 4.79 Å². The van der Waals surface area contributed by atoms with Crippen LogP contribution in [-0.4, -0.2) is 37.0 Å². The maximum absolute atomic E-state index is 12.2. The number of benzene rings is 2. The fourth-order valence-electron chi connectivity index (χ4n) is 2.94. The van der Waals surface area contributed by atoms with Crippen molar-refractivity contribution in [1.82, 2.24) is 10.2 Å². The van der Waals surface area contributed by atoms with Crippen molar-refractivity contribution in [2.45, 2.75) is 20.5 Å². The van der Waals surface area contributed by atoms with Crippen LogP contribution < -0.4 is 10.1 Å². The third-order valence-corrected chi connectivity index (χ3v) is 4.60. The van der Waals surface area contributed by atoms with Gasteiger partial charge in [0.05, 0.1) is 0 Å². The van der Waals surface area contributed by atoms with Crippen LogP contribution in [0.4, 0.5) is 0 Å². The van der Waals surface area contributed by atoms with Crippen LogP contribution in [0.1, 0.15) is 30.2 Å². The van der Waals surface area contributed by atoms with E-state index in [1.807, 2.05) is 30.3 Å². The molecule has 1 N–H and O–H groups in total. The highest BCUT2D eigenvalue weighted by atomic mass is 16.5. The molecular formula is C22H26N2O3. The largest absolute Gasteiger partial charge is 0.486 e. The minimum Gasteiger partial charge on any atom is -0.486 e. The number of carbonyl (C=O) groups excluding carboxylic acids is 1. The highest BCUT2D eigenvalue weighted by Crippen LogP contribution is 2.21. The Balaban J connectivity index is 1.51. The van der Waals surface area contributed by atoms with Crippen LogP contribution in [0.15, 0.2) is 59.0 Å². The Bertz CT molecular complexity index is 884. The molecule has 0 atom stereocenters. The molecule has 0 spiro atoms. The Morgan fingerprint density at radius 1 is 1.04 bits per heavy atom. The average molecular weight is 366 g/mol. The molecule has 2 aromatic carbocycles. The standard InChI is InChI=1S/C22H26N2O3/c1-3-24(4-2)14-13-23-22(25)21-12-11-20(27-21)16-26-19-10-9-17-7-5-6-8-18(17)15-19/h5-12,15H,3-4,13-14,16H2,1-2H3,(H,23,25). The van der Waals surface area contributed by atoms with Gasteiger partial charge in [0.15, 0.2) is 5.76 Å². The summed E-state index contributed by atoms with van der Waals surface area (Å²) in [6, 6.07) is 17.6. The van der Waals surface area contributed by atoms with E-state index in [1.165, 1.54) is 5.39 Å². The summed E-state index contributed by atoms with van der Waals surface area (Å²) in [5.74, 6) is 1.51. The van der Waals surface area contributed by atoms with Gasteiger partial charge in [0.1, 0.15) is 18.1 Å². The van der Waals surface area contributed by atoms with Crippen LogP contribution >= 0.6 is 0 Å². The Labute approximate surface area is 159 Å². The fraction of sp³-hybridized carbons (Fsp3) is 0.318. The van der Waals surface area contributed by atoms with Gasteiger partial charge in [-0.3, -0.25) is 4.79 Å². The van der Waals surface area contributed by atoms with Gasteiger partial charge in [0, 0.05) is 13.1 Å². The number of ether oxygens (including phenoxy) is 1. The summed E-state index contributed by atoms with van der Waals surface area (Å²) in [5.41, 5.74) is 0. The molecule has 5 nitrogen and oxygen atoms in total. The van der Waals surface area contributed by atoms with Crippen LogP contribution in [0, 0.1) is 0 Å². The van der Waals surface area contributed by atoms with Crippen molar-refractivity contribution in [3.8, 4) is 5.75 Å². The summed E-state index contributed by atoms with van der Waals surface area (Å²) in [7, 11) is 0. The lowest BCUT2D eigenvalue weighted by atomic mass is 10.1. The number of amides is 1. The van der Waals surface area contributed by atoms with Gasteiger partial charge in [-0.1, -0.05) is 44.2 Å². The highest BCUT2D eigenvalue weighted by Gasteiger charge is 2.11. The summed E-state index contributed by atoms with van der Waals surface area (Å²) >= 11 is 0. The van der Waals surface area contributed by atoms with E-state index >= 15 is 0 Å². The minimum absolute atomic E-state index is 0.195. The molecule has 1 heterocycles. The van der Waals surface area contributed by atoms with E-state index in [2.05, 4.69) is 36.2 Å². The van der Waals surface area contributed by atoms with Gasteiger partial charge in [-0.25, -0.2) is 0 Å². The summed E-state index contributed by atoms with van der Waals surface area (Å²) in [5, 5.41) is 5.19. The molecule has 0 saturated heterocycles. The zero-order chi connectivity index (χ0) is 19.1. The van der Waals surface area contributed by atoms with Gasteiger partial charge in [0.25, 0.3) is 5.91 Å². The lowest BCUT2D eigenvalue weighted by molar-refractivity contribution is 0.0917. The number of rotatable bonds is 9. The lowest BCUT2D eigenvalue weighted by Gasteiger charge is -2.17. The second-order valence-electron chi connectivity index (χ2n) is 6.35. The lowest BCUT2D eigenvalue weighted by Crippen LogP contribution is -2.34. The first kappa shape index (κ1) is 19.0. The van der Waals surface area contributed by atoms with E-state index < -0.39 is 0 Å². The topological polar surface area (TPSA) is 54.7 Å². The Morgan fingerprint density at radius 3 is 2.59 bits per heavy atom. The number of carbonyl (C=O) groups is 1.